The largest absolute Gasteiger partial charge is 0.330 e. The Hall–Kier alpha value is -2.30. The summed E-state index contributed by atoms with van der Waals surface area (Å²) in [5.74, 6) is -0.521. The van der Waals surface area contributed by atoms with E-state index in [2.05, 4.69) is 5.32 Å². The Kier molecular flexibility index (Phi) is 7.25. The Morgan fingerprint density at radius 1 is 1.12 bits per heavy atom. The van der Waals surface area contributed by atoms with E-state index >= 15 is 0 Å². The van der Waals surface area contributed by atoms with Gasteiger partial charge in [-0.3, -0.25) is 9.59 Å². The van der Waals surface area contributed by atoms with Crippen LogP contribution < -0.4 is 5.32 Å². The minimum atomic E-state index is -0.276. The molecule has 1 N–H and O–H groups in total. The van der Waals surface area contributed by atoms with Crippen molar-refractivity contribution in [2.75, 3.05) is 18.4 Å². The number of nitrogens with one attached hydrogen (secondary N) is 1. The third-order valence-electron chi connectivity index (χ3n) is 3.77. The number of anilines is 1. The molecule has 0 aliphatic rings. The van der Waals surface area contributed by atoms with Crippen LogP contribution in [0.2, 0.25) is 10.0 Å². The van der Waals surface area contributed by atoms with Gasteiger partial charge in [-0.15, -0.1) is 0 Å². The van der Waals surface area contributed by atoms with Crippen LogP contribution in [0.5, 0.6) is 0 Å². The molecule has 0 aliphatic carbocycles. The van der Waals surface area contributed by atoms with Gasteiger partial charge in [0.25, 0.3) is 0 Å². The summed E-state index contributed by atoms with van der Waals surface area (Å²) in [6, 6.07) is 12.5. The van der Waals surface area contributed by atoms with Gasteiger partial charge in [0.05, 0.1) is 0 Å². The molecule has 0 unspecified atom stereocenters. The number of aryl methyl sites for hydroxylation is 1. The highest BCUT2D eigenvalue weighted by atomic mass is 35.5. The Labute approximate surface area is 163 Å². The smallest absolute Gasteiger partial charge is 0.247 e. The standard InChI is InChI=1S/C20H20Cl2N2O2/c1-3-24(20(26)10-8-15-5-4-6-16(21)11-15)13-19(25)23-18-12-17(22)9-7-14(18)2/h4-12H,3,13H2,1-2H3,(H,23,25)/b10-8+. The molecule has 0 saturated heterocycles. The minimum Gasteiger partial charge on any atom is -0.330 e. The fourth-order valence-electron chi connectivity index (χ4n) is 2.32. The summed E-state index contributed by atoms with van der Waals surface area (Å²) in [6.45, 7) is 4.08. The van der Waals surface area contributed by atoms with E-state index in [-0.39, 0.29) is 18.4 Å². The summed E-state index contributed by atoms with van der Waals surface area (Å²) in [4.78, 5) is 26.1. The zero-order chi connectivity index (χ0) is 19.1. The SMILES string of the molecule is CCN(CC(=O)Nc1cc(Cl)ccc1C)C(=O)/C=C/c1cccc(Cl)c1. The number of hydrogen-bond acceptors (Lipinski definition) is 2. The third kappa shape index (κ3) is 5.90. The zero-order valence-electron chi connectivity index (χ0n) is 14.6. The van der Waals surface area contributed by atoms with Crippen molar-refractivity contribution in [2.24, 2.45) is 0 Å². The summed E-state index contributed by atoms with van der Waals surface area (Å²) in [5, 5.41) is 3.93. The van der Waals surface area contributed by atoms with Gasteiger partial charge in [0.1, 0.15) is 6.54 Å². The summed E-state index contributed by atoms with van der Waals surface area (Å²) < 4.78 is 0. The van der Waals surface area contributed by atoms with Crippen molar-refractivity contribution in [3.8, 4) is 0 Å². The molecule has 2 amide bonds. The van der Waals surface area contributed by atoms with Gasteiger partial charge in [-0.1, -0.05) is 41.4 Å². The molecule has 0 saturated carbocycles. The van der Waals surface area contributed by atoms with Crippen LogP contribution in [0, 0.1) is 6.92 Å². The first-order valence-corrected chi connectivity index (χ1v) is 8.93. The third-order valence-corrected chi connectivity index (χ3v) is 4.24. The molecule has 0 radical (unpaired) electrons. The molecule has 136 valence electrons. The highest BCUT2D eigenvalue weighted by Crippen LogP contribution is 2.20. The summed E-state index contributed by atoms with van der Waals surface area (Å²) in [7, 11) is 0. The lowest BCUT2D eigenvalue weighted by atomic mass is 10.2. The van der Waals surface area contributed by atoms with E-state index in [9.17, 15) is 9.59 Å². The van der Waals surface area contributed by atoms with Crippen molar-refractivity contribution in [1.82, 2.24) is 4.90 Å². The van der Waals surface area contributed by atoms with Crippen molar-refractivity contribution in [1.29, 1.82) is 0 Å². The normalized spacial score (nSPS) is 10.8. The highest BCUT2D eigenvalue weighted by Gasteiger charge is 2.14. The van der Waals surface area contributed by atoms with Crippen LogP contribution in [0.15, 0.2) is 48.5 Å². The lowest BCUT2D eigenvalue weighted by Gasteiger charge is -2.19. The van der Waals surface area contributed by atoms with Crippen molar-refractivity contribution in [3.63, 3.8) is 0 Å². The van der Waals surface area contributed by atoms with Crippen LogP contribution in [-0.4, -0.2) is 29.8 Å². The van der Waals surface area contributed by atoms with Crippen LogP contribution in [-0.2, 0) is 9.59 Å². The molecular weight excluding hydrogens is 371 g/mol. The number of amides is 2. The van der Waals surface area contributed by atoms with E-state index in [0.717, 1.165) is 11.1 Å². The van der Waals surface area contributed by atoms with E-state index in [0.29, 0.717) is 22.3 Å². The molecule has 4 nitrogen and oxygen atoms in total. The second-order valence-electron chi connectivity index (χ2n) is 5.75. The van der Waals surface area contributed by atoms with Crippen molar-refractivity contribution >= 4 is 46.8 Å². The first-order valence-electron chi connectivity index (χ1n) is 8.17. The van der Waals surface area contributed by atoms with Gasteiger partial charge < -0.3 is 10.2 Å². The summed E-state index contributed by atoms with van der Waals surface area (Å²) in [5.41, 5.74) is 2.36. The van der Waals surface area contributed by atoms with Gasteiger partial charge in [0.2, 0.25) is 11.8 Å². The maximum atomic E-state index is 12.3. The van der Waals surface area contributed by atoms with E-state index in [1.807, 2.05) is 32.0 Å². The number of halogens is 2. The van der Waals surface area contributed by atoms with E-state index in [4.69, 9.17) is 23.2 Å². The monoisotopic (exact) mass is 390 g/mol. The van der Waals surface area contributed by atoms with Crippen molar-refractivity contribution in [2.45, 2.75) is 13.8 Å². The van der Waals surface area contributed by atoms with Crippen molar-refractivity contribution < 1.29 is 9.59 Å². The van der Waals surface area contributed by atoms with E-state index in [1.165, 1.54) is 11.0 Å². The van der Waals surface area contributed by atoms with Gasteiger partial charge in [0.15, 0.2) is 0 Å². The number of benzene rings is 2. The molecule has 2 aromatic rings. The first kappa shape index (κ1) is 20.0. The average molecular weight is 391 g/mol. The summed E-state index contributed by atoms with van der Waals surface area (Å²) >= 11 is 11.9. The molecule has 6 heteroatoms. The fourth-order valence-corrected chi connectivity index (χ4v) is 2.69. The Morgan fingerprint density at radius 2 is 1.85 bits per heavy atom. The van der Waals surface area contributed by atoms with Crippen LogP contribution in [0.25, 0.3) is 6.08 Å². The lowest BCUT2D eigenvalue weighted by Crippen LogP contribution is -2.37. The Balaban J connectivity index is 2.00. The number of nitrogens with zero attached hydrogens (tertiary/aromatic N) is 1. The van der Waals surface area contributed by atoms with Gasteiger partial charge in [-0.05, 0) is 55.3 Å². The van der Waals surface area contributed by atoms with E-state index in [1.54, 1.807) is 30.3 Å². The number of hydrogen-bond donors (Lipinski definition) is 1. The topological polar surface area (TPSA) is 49.4 Å². The second-order valence-corrected chi connectivity index (χ2v) is 6.62. The number of carbonyl (C=O) groups excluding carboxylic acids is 2. The molecule has 0 aliphatic heterocycles. The van der Waals surface area contributed by atoms with Crippen LogP contribution in [0.1, 0.15) is 18.1 Å². The first-order chi connectivity index (χ1) is 12.4. The summed E-state index contributed by atoms with van der Waals surface area (Å²) in [6.07, 6.45) is 3.11. The highest BCUT2D eigenvalue weighted by molar-refractivity contribution is 6.31. The molecule has 0 spiro atoms. The van der Waals surface area contributed by atoms with Gasteiger partial charge in [0, 0.05) is 28.4 Å². The Morgan fingerprint density at radius 3 is 2.54 bits per heavy atom. The maximum absolute atomic E-state index is 12.3. The minimum absolute atomic E-state index is 0.0405. The van der Waals surface area contributed by atoms with E-state index < -0.39 is 0 Å². The lowest BCUT2D eigenvalue weighted by molar-refractivity contribution is -0.130. The Bertz CT molecular complexity index is 834. The van der Waals surface area contributed by atoms with Crippen LogP contribution in [0.4, 0.5) is 5.69 Å². The fraction of sp³-hybridized carbons (Fsp3) is 0.200. The molecule has 0 aromatic heterocycles. The number of carbonyl (C=O) groups is 2. The molecule has 0 bridgehead atoms. The second kappa shape index (κ2) is 9.41. The molecular formula is C20H20Cl2N2O2. The van der Waals surface area contributed by atoms with Gasteiger partial charge >= 0.3 is 0 Å². The van der Waals surface area contributed by atoms with Gasteiger partial charge in [-0.25, -0.2) is 0 Å². The molecule has 2 rings (SSSR count). The number of rotatable bonds is 6. The quantitative estimate of drug-likeness (QED) is 0.719. The number of likely N-dealkylation sites (N-methyl/N-ethyl adjacent to an activating group) is 1. The van der Waals surface area contributed by atoms with Crippen molar-refractivity contribution in [3.05, 3.63) is 69.7 Å². The molecule has 0 fully saturated rings. The predicted molar refractivity (Wildman–Crippen MR) is 108 cm³/mol. The van der Waals surface area contributed by atoms with Crippen LogP contribution >= 0.6 is 23.2 Å². The molecule has 0 atom stereocenters. The molecule has 2 aromatic carbocycles. The van der Waals surface area contributed by atoms with Crippen LogP contribution in [0.3, 0.4) is 0 Å². The van der Waals surface area contributed by atoms with Gasteiger partial charge in [-0.2, -0.15) is 0 Å². The molecule has 0 heterocycles. The zero-order valence-corrected chi connectivity index (χ0v) is 16.1. The average Bonchev–Trinajstić information content (AvgIpc) is 2.61. The molecule has 26 heavy (non-hydrogen) atoms. The predicted octanol–water partition coefficient (Wildman–Crippen LogP) is 4.80. The maximum Gasteiger partial charge on any atom is 0.247 e.